The Bertz CT molecular complexity index is 3600. The van der Waals surface area contributed by atoms with E-state index in [9.17, 15) is 0 Å². The first-order valence-electron chi connectivity index (χ1n) is 23.4. The second-order valence-electron chi connectivity index (χ2n) is 18.0. The Hall–Kier alpha value is -8.52. The molecule has 0 radical (unpaired) electrons. The van der Waals surface area contributed by atoms with Gasteiger partial charge < -0.3 is 4.90 Å². The standard InChI is InChI=1S/C66H45N/c1-3-21-52(22-4-1)66(53-23-5-2-6-24-53)63-31-12-11-28-61(63)62-41-36-48(44-64(62)66)45-32-37-54(38-33-45)67(56-25-13-19-50(43-56)58-29-14-18-46-16-7-9-26-57(46)58)55-39-34-47(35-40-55)59-30-15-20-51-42-49-17-8-10-27-60(49)65(51)59/h1-41,43-44H,42H2. The van der Waals surface area contributed by atoms with Gasteiger partial charge in [0.05, 0.1) is 5.41 Å². The van der Waals surface area contributed by atoms with Crippen LogP contribution in [-0.2, 0) is 11.8 Å². The van der Waals surface area contributed by atoms with Crippen LogP contribution in [0.2, 0.25) is 0 Å². The second-order valence-corrected chi connectivity index (χ2v) is 18.0. The molecule has 0 fully saturated rings. The highest BCUT2D eigenvalue weighted by Crippen LogP contribution is 2.57. The number of nitrogens with zero attached hydrogens (tertiary/aromatic N) is 1. The SMILES string of the molecule is c1ccc(C2(c3ccccc3)c3ccccc3-c3ccc(-c4ccc(N(c5ccc(-c6cccc7c6-c6ccccc6C7)cc5)c5cccc(-c6cccc7ccccc67)c5)cc4)cc32)cc1. The summed E-state index contributed by atoms with van der Waals surface area (Å²) >= 11 is 0. The fourth-order valence-electron chi connectivity index (χ4n) is 11.4. The van der Waals surface area contributed by atoms with Gasteiger partial charge in [0.15, 0.2) is 0 Å². The molecule has 0 N–H and O–H groups in total. The summed E-state index contributed by atoms with van der Waals surface area (Å²) < 4.78 is 0. The molecule has 2 aliphatic rings. The molecule has 13 rings (SSSR count). The molecule has 314 valence electrons. The summed E-state index contributed by atoms with van der Waals surface area (Å²) in [6.07, 6.45) is 0.980. The molecule has 0 bridgehead atoms. The lowest BCUT2D eigenvalue weighted by atomic mass is 9.67. The Morgan fingerprint density at radius 2 is 0.851 bits per heavy atom. The summed E-state index contributed by atoms with van der Waals surface area (Å²) in [6.45, 7) is 0. The van der Waals surface area contributed by atoms with Gasteiger partial charge in [-0.05, 0) is 149 Å². The van der Waals surface area contributed by atoms with E-state index in [1.807, 2.05) is 0 Å². The van der Waals surface area contributed by atoms with Crippen LogP contribution in [0.15, 0.2) is 261 Å². The highest BCUT2D eigenvalue weighted by molar-refractivity contribution is 5.98. The van der Waals surface area contributed by atoms with Crippen molar-refractivity contribution >= 4 is 27.8 Å². The number of rotatable bonds is 8. The molecular formula is C66H45N. The first-order valence-corrected chi connectivity index (χ1v) is 23.4. The van der Waals surface area contributed by atoms with Crippen molar-refractivity contribution in [2.75, 3.05) is 4.90 Å². The predicted octanol–water partition coefficient (Wildman–Crippen LogP) is 17.2. The van der Waals surface area contributed by atoms with E-state index in [-0.39, 0.29) is 0 Å². The Morgan fingerprint density at radius 3 is 1.63 bits per heavy atom. The summed E-state index contributed by atoms with van der Waals surface area (Å²) in [6, 6.07) is 96.5. The quantitative estimate of drug-likeness (QED) is 0.147. The Morgan fingerprint density at radius 1 is 0.299 bits per heavy atom. The van der Waals surface area contributed by atoms with Gasteiger partial charge in [0, 0.05) is 17.1 Å². The molecule has 0 heterocycles. The van der Waals surface area contributed by atoms with E-state index in [1.165, 1.54) is 99.8 Å². The molecule has 11 aromatic carbocycles. The van der Waals surface area contributed by atoms with Crippen LogP contribution in [0.1, 0.15) is 33.4 Å². The summed E-state index contributed by atoms with van der Waals surface area (Å²) in [4.78, 5) is 2.40. The van der Waals surface area contributed by atoms with E-state index in [0.29, 0.717) is 0 Å². The fourth-order valence-corrected chi connectivity index (χ4v) is 11.4. The van der Waals surface area contributed by atoms with E-state index in [0.717, 1.165) is 23.5 Å². The zero-order valence-corrected chi connectivity index (χ0v) is 37.0. The minimum Gasteiger partial charge on any atom is -0.310 e. The van der Waals surface area contributed by atoms with Crippen molar-refractivity contribution in [1.82, 2.24) is 0 Å². The topological polar surface area (TPSA) is 3.24 Å². The van der Waals surface area contributed by atoms with Gasteiger partial charge in [-0.3, -0.25) is 0 Å². The normalized spacial score (nSPS) is 12.8. The van der Waals surface area contributed by atoms with Gasteiger partial charge in [-0.2, -0.15) is 0 Å². The smallest absolute Gasteiger partial charge is 0.0713 e. The molecule has 0 aliphatic heterocycles. The zero-order valence-electron chi connectivity index (χ0n) is 37.0. The summed E-state index contributed by atoms with van der Waals surface area (Å²) in [5.41, 5.74) is 23.4. The predicted molar refractivity (Wildman–Crippen MR) is 280 cm³/mol. The van der Waals surface area contributed by atoms with Gasteiger partial charge in [0.2, 0.25) is 0 Å². The van der Waals surface area contributed by atoms with E-state index in [4.69, 9.17) is 0 Å². The summed E-state index contributed by atoms with van der Waals surface area (Å²) in [5.74, 6) is 0. The third kappa shape index (κ3) is 6.31. The van der Waals surface area contributed by atoms with Gasteiger partial charge in [-0.25, -0.2) is 0 Å². The number of fused-ring (bicyclic) bond motifs is 7. The minimum absolute atomic E-state index is 0.453. The first-order chi connectivity index (χ1) is 33.2. The third-order valence-corrected chi connectivity index (χ3v) is 14.4. The van der Waals surface area contributed by atoms with Crippen molar-refractivity contribution in [1.29, 1.82) is 0 Å². The van der Waals surface area contributed by atoms with Crippen LogP contribution in [0.25, 0.3) is 66.4 Å². The maximum absolute atomic E-state index is 2.45. The monoisotopic (exact) mass is 851 g/mol. The van der Waals surface area contributed by atoms with Gasteiger partial charge in [-0.1, -0.05) is 218 Å². The lowest BCUT2D eigenvalue weighted by Crippen LogP contribution is -2.28. The third-order valence-electron chi connectivity index (χ3n) is 14.4. The first kappa shape index (κ1) is 38.9. The molecule has 0 amide bonds. The average Bonchev–Trinajstić information content (AvgIpc) is 3.93. The molecule has 0 spiro atoms. The summed E-state index contributed by atoms with van der Waals surface area (Å²) in [5, 5.41) is 2.49. The molecule has 0 unspecified atom stereocenters. The minimum atomic E-state index is -0.453. The fraction of sp³-hybridized carbons (Fsp3) is 0.0303. The van der Waals surface area contributed by atoms with Gasteiger partial charge >= 0.3 is 0 Å². The molecule has 0 saturated heterocycles. The van der Waals surface area contributed by atoms with Crippen molar-refractivity contribution in [3.63, 3.8) is 0 Å². The van der Waals surface area contributed by atoms with E-state index in [2.05, 4.69) is 266 Å². The van der Waals surface area contributed by atoms with E-state index in [1.54, 1.807) is 0 Å². The van der Waals surface area contributed by atoms with Crippen LogP contribution >= 0.6 is 0 Å². The highest BCUT2D eigenvalue weighted by atomic mass is 15.1. The largest absolute Gasteiger partial charge is 0.310 e. The molecule has 11 aromatic rings. The van der Waals surface area contributed by atoms with Crippen molar-refractivity contribution in [2.24, 2.45) is 0 Å². The molecule has 1 nitrogen and oxygen atoms in total. The Labute approximate surface area is 392 Å². The molecule has 1 heteroatoms. The van der Waals surface area contributed by atoms with Crippen molar-refractivity contribution in [3.8, 4) is 55.6 Å². The van der Waals surface area contributed by atoms with E-state index >= 15 is 0 Å². The van der Waals surface area contributed by atoms with Gasteiger partial charge in [0.25, 0.3) is 0 Å². The van der Waals surface area contributed by atoms with Crippen LogP contribution in [0, 0.1) is 0 Å². The van der Waals surface area contributed by atoms with Crippen LogP contribution in [0.5, 0.6) is 0 Å². The zero-order chi connectivity index (χ0) is 44.3. The Balaban J connectivity index is 0.928. The molecule has 0 aromatic heterocycles. The van der Waals surface area contributed by atoms with Crippen molar-refractivity contribution < 1.29 is 0 Å². The Kier molecular flexibility index (Phi) is 9.21. The van der Waals surface area contributed by atoms with Crippen LogP contribution < -0.4 is 4.90 Å². The molecular weight excluding hydrogens is 807 g/mol. The average molecular weight is 852 g/mol. The number of benzene rings is 11. The van der Waals surface area contributed by atoms with E-state index < -0.39 is 5.41 Å². The lowest BCUT2D eigenvalue weighted by Gasteiger charge is -2.34. The number of anilines is 3. The lowest BCUT2D eigenvalue weighted by molar-refractivity contribution is 0.769. The maximum atomic E-state index is 2.45. The van der Waals surface area contributed by atoms with Crippen LogP contribution in [0.4, 0.5) is 17.1 Å². The van der Waals surface area contributed by atoms with Crippen LogP contribution in [-0.4, -0.2) is 0 Å². The molecule has 0 atom stereocenters. The van der Waals surface area contributed by atoms with Crippen LogP contribution in [0.3, 0.4) is 0 Å². The maximum Gasteiger partial charge on any atom is 0.0713 e. The number of hydrogen-bond acceptors (Lipinski definition) is 1. The second kappa shape index (κ2) is 15.9. The molecule has 2 aliphatic carbocycles. The molecule has 67 heavy (non-hydrogen) atoms. The molecule has 0 saturated carbocycles. The van der Waals surface area contributed by atoms with Gasteiger partial charge in [0.1, 0.15) is 0 Å². The van der Waals surface area contributed by atoms with Gasteiger partial charge in [-0.15, -0.1) is 0 Å². The van der Waals surface area contributed by atoms with Crippen molar-refractivity contribution in [2.45, 2.75) is 11.8 Å². The van der Waals surface area contributed by atoms with Crippen molar-refractivity contribution in [3.05, 3.63) is 294 Å². The highest BCUT2D eigenvalue weighted by Gasteiger charge is 2.46. The summed E-state index contributed by atoms with van der Waals surface area (Å²) in [7, 11) is 0. The number of hydrogen-bond donors (Lipinski definition) is 0.